The van der Waals surface area contributed by atoms with Crippen molar-refractivity contribution in [3.8, 4) is 34.5 Å². The first kappa shape index (κ1) is 31.3. The fraction of sp³-hybridized carbons (Fsp3) is 0.344. The molecule has 13 heteroatoms. The smallest absolute Gasteiger partial charge is 0.258 e. The van der Waals surface area contributed by atoms with Crippen LogP contribution in [0.4, 0.5) is 0 Å². The zero-order valence-corrected chi connectivity index (χ0v) is 25.2. The molecule has 0 unspecified atom stereocenters. The van der Waals surface area contributed by atoms with Crippen molar-refractivity contribution < 1.29 is 47.9 Å². The van der Waals surface area contributed by atoms with Gasteiger partial charge >= 0.3 is 0 Å². The maximum atomic E-state index is 13.7. The quantitative estimate of drug-likeness (QED) is 0.335. The zero-order valence-electron chi connectivity index (χ0n) is 25.2. The number of ether oxygens (including phenoxy) is 6. The molecule has 4 bridgehead atoms. The highest BCUT2D eigenvalue weighted by Crippen LogP contribution is 2.32. The van der Waals surface area contributed by atoms with E-state index in [1.165, 1.54) is 32.4 Å². The minimum absolute atomic E-state index is 0.114. The lowest BCUT2D eigenvalue weighted by atomic mass is 10.1. The number of phenolic OH excluding ortho intramolecular Hbond substituents is 1. The van der Waals surface area contributed by atoms with Crippen molar-refractivity contribution >= 4 is 17.7 Å². The Morgan fingerprint density at radius 2 is 1.78 bits per heavy atom. The summed E-state index contributed by atoms with van der Waals surface area (Å²) in [6.45, 7) is 0.736. The Labute approximate surface area is 259 Å². The third-order valence-corrected chi connectivity index (χ3v) is 7.34. The molecule has 3 aromatic carbocycles. The molecule has 0 aromatic heterocycles. The van der Waals surface area contributed by atoms with Gasteiger partial charge in [-0.25, -0.2) is 0 Å². The highest BCUT2D eigenvalue weighted by Gasteiger charge is 2.39. The summed E-state index contributed by atoms with van der Waals surface area (Å²) >= 11 is 0. The Morgan fingerprint density at radius 1 is 0.956 bits per heavy atom. The molecule has 45 heavy (non-hydrogen) atoms. The third-order valence-electron chi connectivity index (χ3n) is 7.34. The van der Waals surface area contributed by atoms with Crippen LogP contribution in [0.25, 0.3) is 0 Å². The number of hydrogen-bond acceptors (Lipinski definition) is 10. The number of likely N-dealkylation sites (tertiary alicyclic amines) is 1. The standard InChI is InChI=1S/C32H35N3O10/c1-40-8-9-43-23-12-21(11-22(36)14-23)32(39)35-16-24-29(17-35)45-26-6-4-19(10-27(26)42-3)15-33-30(37)18-44-28-13-20(31(38)34-24)5-7-25(28)41-2/h4-7,10-14,24,29,36H,8-9,15-18H2,1-3H3,(H,33,37)(H,34,38)/t24-,29-/m0/s1. The lowest BCUT2D eigenvalue weighted by Gasteiger charge is -2.22. The zero-order chi connectivity index (χ0) is 31.9. The molecule has 0 spiro atoms. The SMILES string of the molecule is COCCOc1cc(O)cc(C(=O)N2C[C@@H]3NC(=O)c4ccc(OC)c(c4)OCC(=O)NCc4ccc(c(OC)c4)O[C@H]3C2)c1. The van der Waals surface area contributed by atoms with E-state index in [2.05, 4.69) is 10.6 Å². The maximum absolute atomic E-state index is 13.7. The molecule has 2 atom stereocenters. The molecule has 0 aliphatic carbocycles. The van der Waals surface area contributed by atoms with Gasteiger partial charge in [0.2, 0.25) is 0 Å². The molecule has 238 valence electrons. The summed E-state index contributed by atoms with van der Waals surface area (Å²) in [6, 6.07) is 13.6. The van der Waals surface area contributed by atoms with Gasteiger partial charge in [0.25, 0.3) is 17.7 Å². The van der Waals surface area contributed by atoms with E-state index in [-0.39, 0.29) is 67.3 Å². The molecule has 0 radical (unpaired) electrons. The van der Waals surface area contributed by atoms with Gasteiger partial charge in [0.15, 0.2) is 29.6 Å². The number of hydrogen-bond donors (Lipinski definition) is 3. The number of aromatic hydroxyl groups is 1. The monoisotopic (exact) mass is 621 g/mol. The van der Waals surface area contributed by atoms with Crippen molar-refractivity contribution in [2.75, 3.05) is 54.2 Å². The van der Waals surface area contributed by atoms with Crippen LogP contribution in [0.3, 0.4) is 0 Å². The van der Waals surface area contributed by atoms with E-state index < -0.39 is 18.1 Å². The summed E-state index contributed by atoms with van der Waals surface area (Å²) in [7, 11) is 4.50. The second-order valence-corrected chi connectivity index (χ2v) is 10.4. The molecule has 3 N–H and O–H groups in total. The van der Waals surface area contributed by atoms with Crippen molar-refractivity contribution in [2.45, 2.75) is 18.7 Å². The fourth-order valence-corrected chi connectivity index (χ4v) is 5.07. The lowest BCUT2D eigenvalue weighted by Crippen LogP contribution is -2.45. The highest BCUT2D eigenvalue weighted by atomic mass is 16.5. The fourth-order valence-electron chi connectivity index (χ4n) is 5.07. The van der Waals surface area contributed by atoms with Crippen LogP contribution in [0, 0.1) is 0 Å². The van der Waals surface area contributed by atoms with Gasteiger partial charge in [-0.2, -0.15) is 0 Å². The average Bonchev–Trinajstić information content (AvgIpc) is 3.43. The van der Waals surface area contributed by atoms with Gasteiger partial charge < -0.3 is 49.1 Å². The number of rotatable bonds is 7. The number of nitrogens with one attached hydrogen (secondary N) is 2. The van der Waals surface area contributed by atoms with Crippen LogP contribution < -0.4 is 34.3 Å². The van der Waals surface area contributed by atoms with Gasteiger partial charge in [-0.15, -0.1) is 0 Å². The third kappa shape index (κ3) is 7.50. The normalized spacial score (nSPS) is 18.1. The summed E-state index contributed by atoms with van der Waals surface area (Å²) in [6.07, 6.45) is -0.670. The van der Waals surface area contributed by atoms with Gasteiger partial charge in [0, 0.05) is 37.4 Å². The van der Waals surface area contributed by atoms with E-state index >= 15 is 0 Å². The second kappa shape index (κ2) is 14.1. The van der Waals surface area contributed by atoms with Gasteiger partial charge in [0.05, 0.1) is 33.4 Å². The van der Waals surface area contributed by atoms with Crippen molar-refractivity contribution in [2.24, 2.45) is 0 Å². The van der Waals surface area contributed by atoms with E-state index in [4.69, 9.17) is 28.4 Å². The van der Waals surface area contributed by atoms with Crippen LogP contribution in [0.15, 0.2) is 54.6 Å². The molecule has 3 aromatic rings. The Morgan fingerprint density at radius 3 is 2.56 bits per heavy atom. The number of nitrogens with zero attached hydrogens (tertiary/aromatic N) is 1. The maximum Gasteiger partial charge on any atom is 0.258 e. The average molecular weight is 622 g/mol. The molecule has 1 fully saturated rings. The number of carbonyl (C=O) groups excluding carboxylic acids is 3. The highest BCUT2D eigenvalue weighted by molar-refractivity contribution is 5.97. The van der Waals surface area contributed by atoms with E-state index in [1.807, 2.05) is 0 Å². The van der Waals surface area contributed by atoms with Crippen LogP contribution in [0.2, 0.25) is 0 Å². The molecule has 3 aliphatic rings. The van der Waals surface area contributed by atoms with Gasteiger partial charge in [-0.1, -0.05) is 6.07 Å². The molecule has 0 saturated carbocycles. The van der Waals surface area contributed by atoms with Crippen LogP contribution in [-0.2, 0) is 16.1 Å². The molecule has 6 rings (SSSR count). The number of phenols is 1. The molecule has 3 amide bonds. The molecular formula is C32H35N3O10. The largest absolute Gasteiger partial charge is 0.508 e. The Bertz CT molecular complexity index is 1560. The number of carbonyl (C=O) groups is 3. The van der Waals surface area contributed by atoms with Crippen LogP contribution in [-0.4, -0.2) is 94.1 Å². The van der Waals surface area contributed by atoms with Crippen LogP contribution in [0.1, 0.15) is 26.3 Å². The summed E-state index contributed by atoms with van der Waals surface area (Å²) in [4.78, 5) is 41.2. The summed E-state index contributed by atoms with van der Waals surface area (Å²) in [5.41, 5.74) is 1.23. The minimum Gasteiger partial charge on any atom is -0.508 e. The number of methoxy groups -OCH3 is 3. The molecule has 3 heterocycles. The van der Waals surface area contributed by atoms with Crippen molar-refractivity contribution in [1.82, 2.24) is 15.5 Å². The van der Waals surface area contributed by atoms with Crippen molar-refractivity contribution in [3.05, 3.63) is 71.3 Å². The lowest BCUT2D eigenvalue weighted by molar-refractivity contribution is -0.123. The number of amides is 3. The van der Waals surface area contributed by atoms with E-state index in [9.17, 15) is 19.5 Å². The molecular weight excluding hydrogens is 586 g/mol. The van der Waals surface area contributed by atoms with E-state index in [0.29, 0.717) is 29.6 Å². The Hall–Kier alpha value is -5.17. The second-order valence-electron chi connectivity index (χ2n) is 10.4. The predicted molar refractivity (Wildman–Crippen MR) is 160 cm³/mol. The van der Waals surface area contributed by atoms with Crippen LogP contribution >= 0.6 is 0 Å². The number of benzene rings is 3. The van der Waals surface area contributed by atoms with Crippen LogP contribution in [0.5, 0.6) is 34.5 Å². The topological polar surface area (TPSA) is 154 Å². The van der Waals surface area contributed by atoms with E-state index in [0.717, 1.165) is 5.56 Å². The summed E-state index contributed by atoms with van der Waals surface area (Å²) in [5, 5.41) is 16.1. The van der Waals surface area contributed by atoms with E-state index in [1.54, 1.807) is 48.4 Å². The van der Waals surface area contributed by atoms with Crippen molar-refractivity contribution in [1.29, 1.82) is 0 Å². The first-order valence-corrected chi connectivity index (χ1v) is 14.2. The van der Waals surface area contributed by atoms with Gasteiger partial charge in [0.1, 0.15) is 24.2 Å². The number of fused-ring (bicyclic) bond motifs is 7. The molecule has 13 nitrogen and oxygen atoms in total. The first-order valence-electron chi connectivity index (χ1n) is 14.2. The molecule has 1 saturated heterocycles. The minimum atomic E-state index is -0.670. The van der Waals surface area contributed by atoms with Crippen molar-refractivity contribution in [3.63, 3.8) is 0 Å². The van der Waals surface area contributed by atoms with Gasteiger partial charge in [-0.3, -0.25) is 14.4 Å². The van der Waals surface area contributed by atoms with Gasteiger partial charge in [-0.05, 0) is 48.0 Å². The Kier molecular flexibility index (Phi) is 9.78. The summed E-state index contributed by atoms with van der Waals surface area (Å²) < 4.78 is 33.6. The first-order chi connectivity index (χ1) is 21.8. The predicted octanol–water partition coefficient (Wildman–Crippen LogP) is 2.15. The molecule has 3 aliphatic heterocycles. The summed E-state index contributed by atoms with van der Waals surface area (Å²) in [5.74, 6) is 0.388. The Balaban J connectivity index is 1.46.